The summed E-state index contributed by atoms with van der Waals surface area (Å²) in [6, 6.07) is 9.18. The second kappa shape index (κ2) is 8.05. The van der Waals surface area contributed by atoms with Gasteiger partial charge in [-0.3, -0.25) is 14.6 Å². The summed E-state index contributed by atoms with van der Waals surface area (Å²) in [7, 11) is 0. The summed E-state index contributed by atoms with van der Waals surface area (Å²) in [5, 5.41) is 5.53. The maximum atomic E-state index is 11.9. The van der Waals surface area contributed by atoms with E-state index in [4.69, 9.17) is 0 Å². The zero-order valence-corrected chi connectivity index (χ0v) is 13.7. The Kier molecular flexibility index (Phi) is 5.36. The fourth-order valence-corrected chi connectivity index (χ4v) is 2.41. The number of carbonyl (C=O) groups excluding carboxylic acids is 2. The van der Waals surface area contributed by atoms with Crippen molar-refractivity contribution < 1.29 is 9.59 Å². The van der Waals surface area contributed by atoms with Crippen molar-refractivity contribution in [1.82, 2.24) is 25.0 Å². The van der Waals surface area contributed by atoms with Gasteiger partial charge < -0.3 is 15.0 Å². The molecule has 2 N–H and O–H groups in total. The normalized spacial score (nSPS) is 10.6. The number of nitrogens with one attached hydrogen (secondary N) is 2. The quantitative estimate of drug-likeness (QED) is 0.634. The third kappa shape index (κ3) is 4.63. The molecule has 0 saturated heterocycles. The Morgan fingerprint density at radius 2 is 1.96 bits per heavy atom. The Morgan fingerprint density at radius 1 is 1.08 bits per heavy atom. The molecule has 0 unspecified atom stereocenters. The van der Waals surface area contributed by atoms with Gasteiger partial charge in [0.2, 0.25) is 5.91 Å². The highest BCUT2D eigenvalue weighted by Crippen LogP contribution is 2.06. The van der Waals surface area contributed by atoms with Gasteiger partial charge in [0.25, 0.3) is 5.91 Å². The van der Waals surface area contributed by atoms with Gasteiger partial charge in [0.1, 0.15) is 5.65 Å². The molecule has 0 aromatic carbocycles. The molecule has 3 aromatic rings. The molecular weight excluding hydrogens is 318 g/mol. The van der Waals surface area contributed by atoms with E-state index < -0.39 is 0 Å². The first-order chi connectivity index (χ1) is 12.2. The predicted octanol–water partition coefficient (Wildman–Crippen LogP) is 1.21. The minimum atomic E-state index is -0.202. The van der Waals surface area contributed by atoms with Gasteiger partial charge in [-0.25, -0.2) is 4.98 Å². The predicted molar refractivity (Wildman–Crippen MR) is 93.1 cm³/mol. The molecule has 3 aromatic heterocycles. The zero-order valence-electron chi connectivity index (χ0n) is 13.7. The summed E-state index contributed by atoms with van der Waals surface area (Å²) >= 11 is 0. The number of aryl methyl sites for hydroxylation is 1. The third-order valence-electron chi connectivity index (χ3n) is 3.68. The summed E-state index contributed by atoms with van der Waals surface area (Å²) in [4.78, 5) is 32.0. The van der Waals surface area contributed by atoms with Crippen LogP contribution in [-0.4, -0.2) is 39.3 Å². The fraction of sp³-hybridized carbons (Fsp3) is 0.222. The van der Waals surface area contributed by atoms with Crippen LogP contribution in [-0.2, 0) is 11.2 Å². The molecule has 128 valence electrons. The first kappa shape index (κ1) is 16.6. The molecule has 0 aliphatic heterocycles. The highest BCUT2D eigenvalue weighted by Gasteiger charge is 2.07. The standard InChI is InChI=1S/C18H19N5O2/c24-17(7-6-15-13-23-11-2-1-5-16(23)22-15)20-9-10-21-18(25)14-4-3-8-19-12-14/h1-5,8,11-13H,6-7,9-10H2,(H,20,24)(H,21,25). The molecule has 0 radical (unpaired) electrons. The fourth-order valence-electron chi connectivity index (χ4n) is 2.41. The molecule has 7 nitrogen and oxygen atoms in total. The molecule has 0 fully saturated rings. The van der Waals surface area contributed by atoms with Gasteiger partial charge >= 0.3 is 0 Å². The van der Waals surface area contributed by atoms with Crippen molar-refractivity contribution in [3.8, 4) is 0 Å². The molecule has 3 heterocycles. The highest BCUT2D eigenvalue weighted by atomic mass is 16.2. The van der Waals surface area contributed by atoms with E-state index in [1.165, 1.54) is 6.20 Å². The largest absolute Gasteiger partial charge is 0.354 e. The van der Waals surface area contributed by atoms with Crippen LogP contribution in [0.25, 0.3) is 5.65 Å². The van der Waals surface area contributed by atoms with Gasteiger partial charge in [-0.15, -0.1) is 0 Å². The number of fused-ring (bicyclic) bond motifs is 1. The van der Waals surface area contributed by atoms with Crippen LogP contribution in [0.4, 0.5) is 0 Å². The molecule has 7 heteroatoms. The van der Waals surface area contributed by atoms with E-state index in [1.807, 2.05) is 35.0 Å². The lowest BCUT2D eigenvalue weighted by atomic mass is 10.2. The second-order valence-corrected chi connectivity index (χ2v) is 5.55. The van der Waals surface area contributed by atoms with Crippen molar-refractivity contribution >= 4 is 17.5 Å². The number of imidazole rings is 1. The van der Waals surface area contributed by atoms with Crippen LogP contribution < -0.4 is 10.6 Å². The van der Waals surface area contributed by atoms with Crippen LogP contribution >= 0.6 is 0 Å². The van der Waals surface area contributed by atoms with Crippen LogP contribution in [0.1, 0.15) is 22.5 Å². The van der Waals surface area contributed by atoms with Gasteiger partial charge in [-0.2, -0.15) is 0 Å². The zero-order chi connectivity index (χ0) is 17.5. The lowest BCUT2D eigenvalue weighted by Crippen LogP contribution is -2.34. The number of pyridine rings is 2. The van der Waals surface area contributed by atoms with Crippen LogP contribution in [0.2, 0.25) is 0 Å². The van der Waals surface area contributed by atoms with E-state index in [1.54, 1.807) is 18.3 Å². The smallest absolute Gasteiger partial charge is 0.252 e. The lowest BCUT2D eigenvalue weighted by molar-refractivity contribution is -0.121. The van der Waals surface area contributed by atoms with Crippen molar-refractivity contribution in [2.45, 2.75) is 12.8 Å². The lowest BCUT2D eigenvalue weighted by Gasteiger charge is -2.06. The molecule has 3 rings (SSSR count). The minimum Gasteiger partial charge on any atom is -0.354 e. The van der Waals surface area contributed by atoms with Gasteiger partial charge in [0, 0.05) is 44.3 Å². The number of hydrogen-bond donors (Lipinski definition) is 2. The van der Waals surface area contributed by atoms with E-state index in [0.717, 1.165) is 11.3 Å². The Bertz CT molecular complexity index is 827. The molecule has 0 spiro atoms. The summed E-state index contributed by atoms with van der Waals surface area (Å²) in [5.41, 5.74) is 2.25. The molecule has 0 aliphatic rings. The first-order valence-corrected chi connectivity index (χ1v) is 8.10. The van der Waals surface area contributed by atoms with E-state index in [-0.39, 0.29) is 11.8 Å². The Hall–Kier alpha value is -3.22. The minimum absolute atomic E-state index is 0.0623. The average molecular weight is 337 g/mol. The monoisotopic (exact) mass is 337 g/mol. The van der Waals surface area contributed by atoms with Gasteiger partial charge in [-0.05, 0) is 30.7 Å². The topological polar surface area (TPSA) is 88.4 Å². The van der Waals surface area contributed by atoms with Crippen molar-refractivity contribution in [2.24, 2.45) is 0 Å². The number of aromatic nitrogens is 3. The number of nitrogens with zero attached hydrogens (tertiary/aromatic N) is 3. The summed E-state index contributed by atoms with van der Waals surface area (Å²) in [5.74, 6) is -0.264. The maximum absolute atomic E-state index is 11.9. The van der Waals surface area contributed by atoms with Crippen molar-refractivity contribution in [3.05, 3.63) is 66.4 Å². The number of carbonyl (C=O) groups is 2. The molecule has 0 saturated carbocycles. The average Bonchev–Trinajstić information content (AvgIpc) is 3.07. The van der Waals surface area contributed by atoms with Crippen molar-refractivity contribution in [1.29, 1.82) is 0 Å². The van der Waals surface area contributed by atoms with E-state index >= 15 is 0 Å². The molecule has 0 aliphatic carbocycles. The van der Waals surface area contributed by atoms with Crippen LogP contribution in [0.5, 0.6) is 0 Å². The molecular formula is C18H19N5O2. The SMILES string of the molecule is O=C(CCc1cn2ccccc2n1)NCCNC(=O)c1cccnc1. The summed E-state index contributed by atoms with van der Waals surface area (Å²) in [6.45, 7) is 0.754. The first-order valence-electron chi connectivity index (χ1n) is 8.10. The summed E-state index contributed by atoms with van der Waals surface area (Å²) in [6.07, 6.45) is 7.91. The maximum Gasteiger partial charge on any atom is 0.252 e. The Morgan fingerprint density at radius 3 is 2.76 bits per heavy atom. The van der Waals surface area contributed by atoms with Gasteiger partial charge in [0.15, 0.2) is 0 Å². The van der Waals surface area contributed by atoms with Gasteiger partial charge in [-0.1, -0.05) is 6.07 Å². The molecule has 2 amide bonds. The van der Waals surface area contributed by atoms with Crippen LogP contribution in [0, 0.1) is 0 Å². The Labute approximate surface area is 145 Å². The molecule has 0 bridgehead atoms. The molecule has 0 atom stereocenters. The Balaban J connectivity index is 1.36. The van der Waals surface area contributed by atoms with E-state index in [0.29, 0.717) is 31.5 Å². The summed E-state index contributed by atoms with van der Waals surface area (Å²) < 4.78 is 1.93. The van der Waals surface area contributed by atoms with Crippen molar-refractivity contribution in [2.75, 3.05) is 13.1 Å². The van der Waals surface area contributed by atoms with E-state index in [9.17, 15) is 9.59 Å². The number of amides is 2. The third-order valence-corrected chi connectivity index (χ3v) is 3.68. The van der Waals surface area contributed by atoms with Gasteiger partial charge in [0.05, 0.1) is 11.3 Å². The van der Waals surface area contributed by atoms with E-state index in [2.05, 4.69) is 20.6 Å². The second-order valence-electron chi connectivity index (χ2n) is 5.55. The van der Waals surface area contributed by atoms with Crippen molar-refractivity contribution in [3.63, 3.8) is 0 Å². The highest BCUT2D eigenvalue weighted by molar-refractivity contribution is 5.93. The number of rotatable bonds is 7. The molecule has 25 heavy (non-hydrogen) atoms. The van der Waals surface area contributed by atoms with Crippen LogP contribution in [0.15, 0.2) is 55.1 Å². The number of hydrogen-bond acceptors (Lipinski definition) is 4. The van der Waals surface area contributed by atoms with Crippen LogP contribution in [0.3, 0.4) is 0 Å².